The van der Waals surface area contributed by atoms with Gasteiger partial charge >= 0.3 is 0 Å². The molecule has 0 spiro atoms. The lowest BCUT2D eigenvalue weighted by atomic mass is 10.1. The Kier molecular flexibility index (Phi) is 3.50. The van der Waals surface area contributed by atoms with E-state index in [9.17, 15) is 0 Å². The van der Waals surface area contributed by atoms with Crippen molar-refractivity contribution in [2.45, 2.75) is 32.8 Å². The molecule has 2 heteroatoms. The van der Waals surface area contributed by atoms with Crippen molar-refractivity contribution in [1.82, 2.24) is 5.32 Å². The van der Waals surface area contributed by atoms with Gasteiger partial charge in [0.05, 0.1) is 6.10 Å². The van der Waals surface area contributed by atoms with Crippen LogP contribution in [0.15, 0.2) is 30.3 Å². The van der Waals surface area contributed by atoms with Gasteiger partial charge in [0, 0.05) is 17.8 Å². The average Bonchev–Trinajstić information content (AvgIpc) is 2.30. The minimum atomic E-state index is 0.226. The molecule has 0 bridgehead atoms. The summed E-state index contributed by atoms with van der Waals surface area (Å²) >= 11 is 0. The Morgan fingerprint density at radius 1 is 1.31 bits per heavy atom. The molecule has 1 aliphatic rings. The van der Waals surface area contributed by atoms with E-state index in [1.165, 1.54) is 17.7 Å². The van der Waals surface area contributed by atoms with Crippen LogP contribution in [0.25, 0.3) is 5.70 Å². The van der Waals surface area contributed by atoms with E-state index in [4.69, 9.17) is 4.74 Å². The smallest absolute Gasteiger partial charge is 0.120 e. The van der Waals surface area contributed by atoms with Crippen LogP contribution in [0.1, 0.15) is 32.3 Å². The molecule has 0 amide bonds. The lowest BCUT2D eigenvalue weighted by Gasteiger charge is -2.17. The van der Waals surface area contributed by atoms with Crippen LogP contribution < -0.4 is 10.1 Å². The quantitative estimate of drug-likeness (QED) is 0.839. The van der Waals surface area contributed by atoms with Gasteiger partial charge in [-0.3, -0.25) is 0 Å². The first-order valence-electron chi connectivity index (χ1n) is 5.97. The van der Waals surface area contributed by atoms with E-state index in [1.54, 1.807) is 0 Å². The Morgan fingerprint density at radius 2 is 2.19 bits per heavy atom. The zero-order valence-electron chi connectivity index (χ0n) is 9.99. The summed E-state index contributed by atoms with van der Waals surface area (Å²) in [6.45, 7) is 5.16. The number of benzene rings is 1. The van der Waals surface area contributed by atoms with Gasteiger partial charge in [-0.15, -0.1) is 0 Å². The van der Waals surface area contributed by atoms with Crippen molar-refractivity contribution in [2.75, 3.05) is 6.54 Å². The second kappa shape index (κ2) is 5.06. The van der Waals surface area contributed by atoms with Crippen molar-refractivity contribution >= 4 is 5.70 Å². The minimum absolute atomic E-state index is 0.226. The van der Waals surface area contributed by atoms with Gasteiger partial charge in [0.15, 0.2) is 0 Å². The average molecular weight is 217 g/mol. The maximum absolute atomic E-state index is 5.69. The molecule has 0 atom stereocenters. The molecule has 16 heavy (non-hydrogen) atoms. The van der Waals surface area contributed by atoms with Crippen LogP contribution in [-0.2, 0) is 0 Å². The van der Waals surface area contributed by atoms with Crippen LogP contribution in [0.5, 0.6) is 5.75 Å². The minimum Gasteiger partial charge on any atom is -0.491 e. The normalized spacial score (nSPS) is 15.6. The Morgan fingerprint density at radius 3 is 2.88 bits per heavy atom. The highest BCUT2D eigenvalue weighted by molar-refractivity contribution is 5.65. The first-order chi connectivity index (χ1) is 7.75. The molecule has 2 nitrogen and oxygen atoms in total. The van der Waals surface area contributed by atoms with E-state index < -0.39 is 0 Å². The van der Waals surface area contributed by atoms with Crippen molar-refractivity contribution in [3.8, 4) is 5.75 Å². The SMILES string of the molecule is CC(C)Oc1cccc(C2=CCCCN2)c1. The molecule has 1 aromatic carbocycles. The van der Waals surface area contributed by atoms with E-state index in [2.05, 4.69) is 23.5 Å². The summed E-state index contributed by atoms with van der Waals surface area (Å²) in [5, 5.41) is 3.42. The summed E-state index contributed by atoms with van der Waals surface area (Å²) in [5.41, 5.74) is 2.46. The second-order valence-electron chi connectivity index (χ2n) is 4.38. The maximum Gasteiger partial charge on any atom is 0.120 e. The molecule has 0 radical (unpaired) electrons. The second-order valence-corrected chi connectivity index (χ2v) is 4.38. The molecular weight excluding hydrogens is 198 g/mol. The van der Waals surface area contributed by atoms with Gasteiger partial charge in [0.1, 0.15) is 5.75 Å². The summed E-state index contributed by atoms with van der Waals surface area (Å²) in [5.74, 6) is 0.945. The number of hydrogen-bond donors (Lipinski definition) is 1. The molecule has 0 fully saturated rings. The predicted molar refractivity (Wildman–Crippen MR) is 67.4 cm³/mol. The third-order valence-corrected chi connectivity index (χ3v) is 2.56. The van der Waals surface area contributed by atoms with E-state index in [0.29, 0.717) is 0 Å². The first kappa shape index (κ1) is 11.1. The maximum atomic E-state index is 5.69. The van der Waals surface area contributed by atoms with Gasteiger partial charge in [-0.1, -0.05) is 18.2 Å². The standard InChI is InChI=1S/C14H19NO/c1-11(2)16-13-7-5-6-12(10-13)14-8-3-4-9-15-14/h5-8,10-11,15H,3-4,9H2,1-2H3. The molecular formula is C14H19NO. The highest BCUT2D eigenvalue weighted by Crippen LogP contribution is 2.21. The Balaban J connectivity index is 2.18. The largest absolute Gasteiger partial charge is 0.491 e. The molecule has 86 valence electrons. The molecule has 0 aliphatic carbocycles. The molecule has 0 saturated heterocycles. The van der Waals surface area contributed by atoms with Gasteiger partial charge in [-0.25, -0.2) is 0 Å². The molecule has 1 N–H and O–H groups in total. The van der Waals surface area contributed by atoms with E-state index in [-0.39, 0.29) is 6.10 Å². The molecule has 2 rings (SSSR count). The fourth-order valence-electron chi connectivity index (χ4n) is 1.87. The number of ether oxygens (including phenoxy) is 1. The van der Waals surface area contributed by atoms with Crippen LogP contribution in [0.4, 0.5) is 0 Å². The van der Waals surface area contributed by atoms with Gasteiger partial charge in [0.25, 0.3) is 0 Å². The topological polar surface area (TPSA) is 21.3 Å². The van der Waals surface area contributed by atoms with Crippen molar-refractivity contribution in [2.24, 2.45) is 0 Å². The van der Waals surface area contributed by atoms with Gasteiger partial charge in [0.2, 0.25) is 0 Å². The lowest BCUT2D eigenvalue weighted by Crippen LogP contribution is -2.17. The Hall–Kier alpha value is -1.44. The molecule has 0 unspecified atom stereocenters. The van der Waals surface area contributed by atoms with Gasteiger partial charge < -0.3 is 10.1 Å². The monoisotopic (exact) mass is 217 g/mol. The van der Waals surface area contributed by atoms with Crippen molar-refractivity contribution < 1.29 is 4.74 Å². The Bertz CT molecular complexity index is 382. The van der Waals surface area contributed by atoms with Crippen LogP contribution in [0, 0.1) is 0 Å². The number of hydrogen-bond acceptors (Lipinski definition) is 2. The molecule has 0 aromatic heterocycles. The van der Waals surface area contributed by atoms with Crippen molar-refractivity contribution in [3.63, 3.8) is 0 Å². The highest BCUT2D eigenvalue weighted by Gasteiger charge is 2.06. The number of nitrogens with one attached hydrogen (secondary N) is 1. The van der Waals surface area contributed by atoms with Crippen molar-refractivity contribution in [1.29, 1.82) is 0 Å². The lowest BCUT2D eigenvalue weighted by molar-refractivity contribution is 0.242. The fraction of sp³-hybridized carbons (Fsp3) is 0.429. The number of rotatable bonds is 3. The van der Waals surface area contributed by atoms with Crippen LogP contribution >= 0.6 is 0 Å². The van der Waals surface area contributed by atoms with Gasteiger partial charge in [-0.05, 0) is 38.8 Å². The third kappa shape index (κ3) is 2.78. The predicted octanol–water partition coefficient (Wildman–Crippen LogP) is 3.20. The van der Waals surface area contributed by atoms with Crippen LogP contribution in [-0.4, -0.2) is 12.6 Å². The third-order valence-electron chi connectivity index (χ3n) is 2.56. The highest BCUT2D eigenvalue weighted by atomic mass is 16.5. The molecule has 1 aliphatic heterocycles. The molecule has 1 heterocycles. The summed E-state index contributed by atoms with van der Waals surface area (Å²) in [4.78, 5) is 0. The zero-order chi connectivity index (χ0) is 11.4. The van der Waals surface area contributed by atoms with E-state index in [1.807, 2.05) is 26.0 Å². The molecule has 0 saturated carbocycles. The molecule has 1 aromatic rings. The number of allylic oxidation sites excluding steroid dienone is 1. The Labute approximate surface area is 97.3 Å². The fourth-order valence-corrected chi connectivity index (χ4v) is 1.87. The van der Waals surface area contributed by atoms with E-state index in [0.717, 1.165) is 18.7 Å². The van der Waals surface area contributed by atoms with Crippen LogP contribution in [0.3, 0.4) is 0 Å². The summed E-state index contributed by atoms with van der Waals surface area (Å²) in [7, 11) is 0. The first-order valence-corrected chi connectivity index (χ1v) is 5.97. The summed E-state index contributed by atoms with van der Waals surface area (Å²) in [6.07, 6.45) is 4.88. The van der Waals surface area contributed by atoms with Crippen LogP contribution in [0.2, 0.25) is 0 Å². The summed E-state index contributed by atoms with van der Waals surface area (Å²) in [6, 6.07) is 8.28. The van der Waals surface area contributed by atoms with E-state index >= 15 is 0 Å². The summed E-state index contributed by atoms with van der Waals surface area (Å²) < 4.78 is 5.69. The van der Waals surface area contributed by atoms with Gasteiger partial charge in [-0.2, -0.15) is 0 Å². The van der Waals surface area contributed by atoms with Crippen molar-refractivity contribution in [3.05, 3.63) is 35.9 Å². The zero-order valence-corrected chi connectivity index (χ0v) is 9.99.